The fourth-order valence-corrected chi connectivity index (χ4v) is 3.28. The molecule has 8 heteroatoms. The standard InChI is InChI=1S/C18H26N6O2.C2H6/c1-5-15(25)23-6-7-24(12(4)10-23)14-9-20-17-16(22-14)13(8-19-17)18(26)21-11(2)3;1-2/h8-9,11-12H,5-7,10H2,1-4H3,(H,19,20)(H,21,26);1-2H3/t12-;/m0./s1. The van der Waals surface area contributed by atoms with E-state index in [0.717, 1.165) is 5.82 Å². The van der Waals surface area contributed by atoms with Crippen LogP contribution in [0.3, 0.4) is 0 Å². The maximum absolute atomic E-state index is 12.4. The quantitative estimate of drug-likeness (QED) is 0.839. The first-order valence-electron chi connectivity index (χ1n) is 10.1. The van der Waals surface area contributed by atoms with Gasteiger partial charge in [0.05, 0.1) is 11.8 Å². The number of rotatable bonds is 4. The van der Waals surface area contributed by atoms with E-state index in [-0.39, 0.29) is 23.9 Å². The van der Waals surface area contributed by atoms with Crippen molar-refractivity contribution in [3.63, 3.8) is 0 Å². The number of piperazine rings is 1. The molecule has 3 rings (SSSR count). The van der Waals surface area contributed by atoms with Crippen LogP contribution < -0.4 is 10.2 Å². The van der Waals surface area contributed by atoms with Gasteiger partial charge in [0.2, 0.25) is 5.91 Å². The summed E-state index contributed by atoms with van der Waals surface area (Å²) >= 11 is 0. The highest BCUT2D eigenvalue weighted by molar-refractivity contribution is 6.04. The molecule has 1 atom stereocenters. The Morgan fingerprint density at radius 2 is 2.04 bits per heavy atom. The summed E-state index contributed by atoms with van der Waals surface area (Å²) in [5.41, 5.74) is 1.66. The fourth-order valence-electron chi connectivity index (χ4n) is 3.28. The van der Waals surface area contributed by atoms with Gasteiger partial charge in [0.25, 0.3) is 5.91 Å². The fraction of sp³-hybridized carbons (Fsp3) is 0.600. The van der Waals surface area contributed by atoms with Gasteiger partial charge >= 0.3 is 0 Å². The Bertz CT molecular complexity index is 816. The summed E-state index contributed by atoms with van der Waals surface area (Å²) in [6.45, 7) is 13.8. The molecule has 2 aromatic heterocycles. The van der Waals surface area contributed by atoms with Crippen molar-refractivity contribution in [2.75, 3.05) is 24.5 Å². The first-order valence-corrected chi connectivity index (χ1v) is 10.1. The van der Waals surface area contributed by atoms with Crippen LogP contribution in [0.15, 0.2) is 12.4 Å². The number of anilines is 1. The summed E-state index contributed by atoms with van der Waals surface area (Å²) < 4.78 is 0. The van der Waals surface area contributed by atoms with Crippen LogP contribution in [-0.4, -0.2) is 63.4 Å². The molecule has 154 valence electrons. The van der Waals surface area contributed by atoms with Crippen molar-refractivity contribution in [2.24, 2.45) is 0 Å². The Balaban J connectivity index is 0.00000136. The number of carbonyl (C=O) groups excluding carboxylic acids is 2. The van der Waals surface area contributed by atoms with E-state index in [0.29, 0.717) is 42.8 Å². The molecule has 0 aromatic carbocycles. The van der Waals surface area contributed by atoms with Crippen molar-refractivity contribution < 1.29 is 9.59 Å². The monoisotopic (exact) mass is 388 g/mol. The smallest absolute Gasteiger partial charge is 0.255 e. The predicted octanol–water partition coefficient (Wildman–Crippen LogP) is 2.57. The summed E-state index contributed by atoms with van der Waals surface area (Å²) in [4.78, 5) is 40.5. The molecular formula is C20H32N6O2. The van der Waals surface area contributed by atoms with Crippen LogP contribution in [-0.2, 0) is 4.79 Å². The number of hydrogen-bond donors (Lipinski definition) is 2. The lowest BCUT2D eigenvalue weighted by molar-refractivity contribution is -0.131. The minimum atomic E-state index is -0.163. The molecule has 1 aliphatic heterocycles. The van der Waals surface area contributed by atoms with Crippen molar-refractivity contribution in [2.45, 2.75) is 60.0 Å². The van der Waals surface area contributed by atoms with E-state index in [1.165, 1.54) is 0 Å². The maximum Gasteiger partial charge on any atom is 0.255 e. The third-order valence-electron chi connectivity index (χ3n) is 4.61. The molecule has 2 aromatic rings. The molecule has 0 saturated carbocycles. The molecule has 0 radical (unpaired) electrons. The van der Waals surface area contributed by atoms with E-state index < -0.39 is 0 Å². The second-order valence-corrected chi connectivity index (χ2v) is 6.99. The zero-order valence-corrected chi connectivity index (χ0v) is 17.7. The minimum absolute atomic E-state index is 0.0489. The number of H-pyrrole nitrogens is 1. The van der Waals surface area contributed by atoms with Gasteiger partial charge in [0, 0.05) is 44.3 Å². The number of carbonyl (C=O) groups is 2. The van der Waals surface area contributed by atoms with Crippen LogP contribution >= 0.6 is 0 Å². The molecule has 3 heterocycles. The second kappa shape index (κ2) is 9.52. The molecule has 1 fully saturated rings. The van der Waals surface area contributed by atoms with Crippen LogP contribution in [0.2, 0.25) is 0 Å². The van der Waals surface area contributed by atoms with Gasteiger partial charge in [0.1, 0.15) is 11.3 Å². The van der Waals surface area contributed by atoms with Crippen LogP contribution in [0.25, 0.3) is 11.2 Å². The van der Waals surface area contributed by atoms with E-state index in [9.17, 15) is 9.59 Å². The van der Waals surface area contributed by atoms with Crippen LogP contribution in [0.4, 0.5) is 5.82 Å². The molecule has 8 nitrogen and oxygen atoms in total. The lowest BCUT2D eigenvalue weighted by Crippen LogP contribution is -2.54. The zero-order valence-electron chi connectivity index (χ0n) is 17.7. The molecule has 2 N–H and O–H groups in total. The Morgan fingerprint density at radius 1 is 1.32 bits per heavy atom. The first kappa shape index (κ1) is 21.7. The molecule has 0 unspecified atom stereocenters. The normalized spacial score (nSPS) is 16.8. The molecule has 2 amide bonds. The summed E-state index contributed by atoms with van der Waals surface area (Å²) in [7, 11) is 0. The highest BCUT2D eigenvalue weighted by Gasteiger charge is 2.27. The molecular weight excluding hydrogens is 356 g/mol. The van der Waals surface area contributed by atoms with Gasteiger partial charge < -0.3 is 20.1 Å². The second-order valence-electron chi connectivity index (χ2n) is 6.99. The predicted molar refractivity (Wildman–Crippen MR) is 112 cm³/mol. The average Bonchev–Trinajstić information content (AvgIpc) is 3.11. The molecule has 0 bridgehead atoms. The van der Waals surface area contributed by atoms with Crippen LogP contribution in [0, 0.1) is 0 Å². The number of nitrogens with one attached hydrogen (secondary N) is 2. The highest BCUT2D eigenvalue weighted by Crippen LogP contribution is 2.22. The topological polar surface area (TPSA) is 94.2 Å². The van der Waals surface area contributed by atoms with E-state index in [1.54, 1.807) is 12.4 Å². The SMILES string of the molecule is CC.CCC(=O)N1CCN(c2cnc3[nH]cc(C(=O)NC(C)C)c3n2)[C@@H](C)C1. The Labute approximate surface area is 166 Å². The zero-order chi connectivity index (χ0) is 20.8. The number of hydrogen-bond acceptors (Lipinski definition) is 5. The Kier molecular flexibility index (Phi) is 7.37. The van der Waals surface area contributed by atoms with Crippen molar-refractivity contribution in [1.29, 1.82) is 0 Å². The number of aromatic nitrogens is 3. The summed E-state index contributed by atoms with van der Waals surface area (Å²) in [6, 6.07) is 0.186. The van der Waals surface area contributed by atoms with Gasteiger partial charge in [-0.3, -0.25) is 9.59 Å². The summed E-state index contributed by atoms with van der Waals surface area (Å²) in [5.74, 6) is 0.743. The number of nitrogens with zero attached hydrogens (tertiary/aromatic N) is 4. The average molecular weight is 389 g/mol. The lowest BCUT2D eigenvalue weighted by atomic mass is 10.2. The van der Waals surface area contributed by atoms with E-state index in [4.69, 9.17) is 4.98 Å². The van der Waals surface area contributed by atoms with E-state index >= 15 is 0 Å². The first-order chi connectivity index (χ1) is 13.4. The van der Waals surface area contributed by atoms with Crippen molar-refractivity contribution in [1.82, 2.24) is 25.2 Å². The Morgan fingerprint density at radius 3 is 2.64 bits per heavy atom. The molecule has 1 saturated heterocycles. The van der Waals surface area contributed by atoms with Crippen molar-refractivity contribution in [3.05, 3.63) is 18.0 Å². The third kappa shape index (κ3) is 4.61. The van der Waals surface area contributed by atoms with Crippen molar-refractivity contribution in [3.8, 4) is 0 Å². The molecule has 1 aliphatic rings. The van der Waals surface area contributed by atoms with Crippen LogP contribution in [0.1, 0.15) is 58.3 Å². The van der Waals surface area contributed by atoms with E-state index in [2.05, 4.69) is 27.1 Å². The summed E-state index contributed by atoms with van der Waals surface area (Å²) in [6.07, 6.45) is 3.89. The Hall–Kier alpha value is -2.64. The largest absolute Gasteiger partial charge is 0.350 e. The number of aromatic amines is 1. The third-order valence-corrected chi connectivity index (χ3v) is 4.61. The maximum atomic E-state index is 12.4. The van der Waals surface area contributed by atoms with Gasteiger partial charge in [-0.15, -0.1) is 0 Å². The number of fused-ring (bicyclic) bond motifs is 1. The number of amides is 2. The van der Waals surface area contributed by atoms with Gasteiger partial charge in [-0.05, 0) is 20.8 Å². The van der Waals surface area contributed by atoms with Gasteiger partial charge in [-0.2, -0.15) is 0 Å². The molecule has 28 heavy (non-hydrogen) atoms. The molecule has 0 aliphatic carbocycles. The highest BCUT2D eigenvalue weighted by atomic mass is 16.2. The van der Waals surface area contributed by atoms with Gasteiger partial charge in [-0.1, -0.05) is 20.8 Å². The van der Waals surface area contributed by atoms with Gasteiger partial charge in [-0.25, -0.2) is 9.97 Å². The van der Waals surface area contributed by atoms with Gasteiger partial charge in [0.15, 0.2) is 5.65 Å². The van der Waals surface area contributed by atoms with E-state index in [1.807, 2.05) is 39.5 Å². The summed E-state index contributed by atoms with van der Waals surface area (Å²) in [5, 5.41) is 2.89. The van der Waals surface area contributed by atoms with Crippen LogP contribution in [0.5, 0.6) is 0 Å². The van der Waals surface area contributed by atoms with Crippen molar-refractivity contribution >= 4 is 28.8 Å². The lowest BCUT2D eigenvalue weighted by Gasteiger charge is -2.40. The minimum Gasteiger partial charge on any atom is -0.350 e. The molecule has 0 spiro atoms.